The Bertz CT molecular complexity index is 1510. The van der Waals surface area contributed by atoms with E-state index in [0.29, 0.717) is 62.8 Å². The van der Waals surface area contributed by atoms with Crippen molar-refractivity contribution in [2.75, 3.05) is 64.1 Å². The normalized spacial score (nSPS) is 23.8. The van der Waals surface area contributed by atoms with Gasteiger partial charge < -0.3 is 33.9 Å². The molecule has 0 radical (unpaired) electrons. The fraction of sp³-hybridized carbons (Fsp3) is 0.639. The minimum Gasteiger partial charge on any atom is -0.474 e. The zero-order valence-corrected chi connectivity index (χ0v) is 31.5. The second-order valence-electron chi connectivity index (χ2n) is 15.5. The number of morpholine rings is 1. The van der Waals surface area contributed by atoms with E-state index in [1.54, 1.807) is 17.0 Å². The number of hydrogen-bond donors (Lipinski definition) is 2. The number of hydrogen-bond acceptors (Lipinski definition) is 9. The maximum absolute atomic E-state index is 14.4. The molecule has 2 fully saturated rings. The molecule has 4 heterocycles. The van der Waals surface area contributed by atoms with E-state index in [9.17, 15) is 24.2 Å². The first kappa shape index (κ1) is 38.1. The lowest BCUT2D eigenvalue weighted by molar-refractivity contribution is -0.122. The zero-order chi connectivity index (χ0) is 36.4. The summed E-state index contributed by atoms with van der Waals surface area (Å²) >= 11 is 0. The third-order valence-electron chi connectivity index (χ3n) is 10.8. The number of aliphatic hydroxyl groups is 1. The average Bonchev–Trinajstić information content (AvgIpc) is 3.05. The van der Waals surface area contributed by atoms with Gasteiger partial charge >= 0.3 is 6.09 Å². The summed E-state index contributed by atoms with van der Waals surface area (Å²) in [6.07, 6.45) is -0.577. The molecule has 2 amide bonds. The fourth-order valence-corrected chi connectivity index (χ4v) is 7.75. The van der Waals surface area contributed by atoms with E-state index >= 15 is 0 Å². The second kappa shape index (κ2) is 15.6. The van der Waals surface area contributed by atoms with Crippen LogP contribution in [0.1, 0.15) is 51.4 Å². The van der Waals surface area contributed by atoms with Gasteiger partial charge in [-0.05, 0) is 67.7 Å². The lowest BCUT2D eigenvalue weighted by Gasteiger charge is -2.48. The van der Waals surface area contributed by atoms with E-state index in [0.717, 1.165) is 5.56 Å². The van der Waals surface area contributed by atoms with Crippen molar-refractivity contribution in [2.45, 2.75) is 89.9 Å². The van der Waals surface area contributed by atoms with Crippen molar-refractivity contribution in [1.82, 2.24) is 19.7 Å². The Labute approximate surface area is 296 Å². The summed E-state index contributed by atoms with van der Waals surface area (Å²) in [6.45, 7) is 18.5. The van der Waals surface area contributed by atoms with E-state index in [4.69, 9.17) is 13.9 Å². The van der Waals surface area contributed by atoms with Gasteiger partial charge in [-0.25, -0.2) is 14.2 Å². The van der Waals surface area contributed by atoms with Crippen LogP contribution < -0.4 is 9.64 Å². The van der Waals surface area contributed by atoms with E-state index in [1.165, 1.54) is 17.0 Å². The second-order valence-corrected chi connectivity index (χ2v) is 20.3. The van der Waals surface area contributed by atoms with Crippen molar-refractivity contribution in [1.29, 1.82) is 0 Å². The molecule has 0 saturated carbocycles. The lowest BCUT2D eigenvalue weighted by atomic mass is 10.0. The van der Waals surface area contributed by atoms with Crippen molar-refractivity contribution in [3.05, 3.63) is 53.0 Å². The Balaban J connectivity index is 1.38. The van der Waals surface area contributed by atoms with Gasteiger partial charge in [0, 0.05) is 38.3 Å². The molecule has 4 atom stereocenters. The van der Waals surface area contributed by atoms with Crippen molar-refractivity contribution in [2.24, 2.45) is 0 Å². The molecular formula is C36H54FN5O7Si. The van der Waals surface area contributed by atoms with Crippen LogP contribution in [0.5, 0.6) is 5.88 Å². The van der Waals surface area contributed by atoms with Crippen molar-refractivity contribution in [3.8, 4) is 5.88 Å². The number of ether oxygens (including phenoxy) is 2. The number of carboxylic acid groups (broad SMARTS) is 1. The molecule has 1 aromatic carbocycles. The SMILES string of the molecule is C[C@@H]1CN(CC(=O)N2c3cc(Cc4ccc(F)cc4)c(CO)nc3OC[C@@H]2C)[C@@H](CN2CCOC[C@H]2CO[Si](C)(C)C(C)(C)C)CN1C(=O)O. The van der Waals surface area contributed by atoms with Crippen LogP contribution in [0, 0.1) is 5.82 Å². The van der Waals surface area contributed by atoms with Crippen LogP contribution in [-0.4, -0.2) is 134 Å². The van der Waals surface area contributed by atoms with Crippen LogP contribution in [0.3, 0.4) is 0 Å². The third kappa shape index (κ3) is 8.65. The highest BCUT2D eigenvalue weighted by Crippen LogP contribution is 2.37. The van der Waals surface area contributed by atoms with E-state index in [1.807, 2.05) is 19.9 Å². The Morgan fingerprint density at radius 1 is 1.06 bits per heavy atom. The molecule has 14 heteroatoms. The van der Waals surface area contributed by atoms with E-state index in [2.05, 4.69) is 48.6 Å². The topological polar surface area (TPSA) is 128 Å². The van der Waals surface area contributed by atoms with Crippen molar-refractivity contribution < 1.29 is 38.1 Å². The fourth-order valence-electron chi connectivity index (χ4n) is 6.71. The van der Waals surface area contributed by atoms with Gasteiger partial charge in [0.1, 0.15) is 18.1 Å². The molecule has 2 N–H and O–H groups in total. The van der Waals surface area contributed by atoms with Gasteiger partial charge in [-0.2, -0.15) is 0 Å². The molecule has 2 aromatic rings. The summed E-state index contributed by atoms with van der Waals surface area (Å²) in [7, 11) is -2.00. The summed E-state index contributed by atoms with van der Waals surface area (Å²) in [5.74, 6) is -0.199. The summed E-state index contributed by atoms with van der Waals surface area (Å²) in [5, 5.41) is 20.3. The zero-order valence-electron chi connectivity index (χ0n) is 30.5. The minimum absolute atomic E-state index is 0.0190. The Morgan fingerprint density at radius 2 is 1.78 bits per heavy atom. The van der Waals surface area contributed by atoms with Crippen LogP contribution >= 0.6 is 0 Å². The molecule has 5 rings (SSSR count). The number of piperazine rings is 1. The number of aromatic nitrogens is 1. The molecule has 0 unspecified atom stereocenters. The van der Waals surface area contributed by atoms with Gasteiger partial charge in [0.15, 0.2) is 8.32 Å². The molecule has 3 aliphatic heterocycles. The molecule has 0 spiro atoms. The molecule has 12 nitrogen and oxygen atoms in total. The Hall–Kier alpha value is -3.14. The maximum atomic E-state index is 14.4. The third-order valence-corrected chi connectivity index (χ3v) is 15.3. The maximum Gasteiger partial charge on any atom is 0.407 e. The lowest BCUT2D eigenvalue weighted by Crippen LogP contribution is -2.65. The summed E-state index contributed by atoms with van der Waals surface area (Å²) in [5.41, 5.74) is 2.52. The van der Waals surface area contributed by atoms with Gasteiger partial charge in [0.05, 0.1) is 50.7 Å². The molecule has 276 valence electrons. The molecule has 2 saturated heterocycles. The van der Waals surface area contributed by atoms with Gasteiger partial charge in [-0.3, -0.25) is 14.6 Å². The van der Waals surface area contributed by atoms with Gasteiger partial charge in [-0.15, -0.1) is 0 Å². The summed E-state index contributed by atoms with van der Waals surface area (Å²) in [4.78, 5) is 38.9. The Morgan fingerprint density at radius 3 is 2.44 bits per heavy atom. The van der Waals surface area contributed by atoms with Crippen LogP contribution in [0.15, 0.2) is 30.3 Å². The highest BCUT2D eigenvalue weighted by molar-refractivity contribution is 6.74. The number of aliphatic hydroxyl groups excluding tert-OH is 1. The predicted octanol–water partition coefficient (Wildman–Crippen LogP) is 4.19. The van der Waals surface area contributed by atoms with Gasteiger partial charge in [-0.1, -0.05) is 32.9 Å². The molecular weight excluding hydrogens is 662 g/mol. The Kier molecular flexibility index (Phi) is 11.9. The summed E-state index contributed by atoms with van der Waals surface area (Å²) in [6, 6.07) is 7.19. The molecule has 0 aliphatic carbocycles. The minimum atomic E-state index is -2.00. The van der Waals surface area contributed by atoms with Crippen LogP contribution in [-0.2, 0) is 27.0 Å². The highest BCUT2D eigenvalue weighted by atomic mass is 28.4. The number of nitrogens with zero attached hydrogens (tertiary/aromatic N) is 5. The number of carbonyl (C=O) groups is 2. The number of benzene rings is 1. The number of halogens is 1. The molecule has 0 bridgehead atoms. The molecule has 3 aliphatic rings. The van der Waals surface area contributed by atoms with E-state index < -0.39 is 14.4 Å². The standard InChI is InChI=1S/C36H54FN5O7Si/c1-24-16-40(29(18-41(24)35(45)46)17-39-12-13-47-22-30(39)23-49-50(6,7)36(3,4)5)19-33(44)42-25(2)21-48-34-32(42)15-27(31(20-43)38-34)14-26-8-10-28(37)11-9-26/h8-11,15,24-25,29-30,43H,12-14,16-23H2,1-7H3,(H,45,46)/t24-,25+,29+,30+/m1/s1. The predicted molar refractivity (Wildman–Crippen MR) is 191 cm³/mol. The monoisotopic (exact) mass is 715 g/mol. The van der Waals surface area contributed by atoms with Crippen LogP contribution in [0.2, 0.25) is 18.1 Å². The highest BCUT2D eigenvalue weighted by Gasteiger charge is 2.41. The quantitative estimate of drug-likeness (QED) is 0.346. The number of fused-ring (bicyclic) bond motifs is 1. The van der Waals surface area contributed by atoms with Crippen molar-refractivity contribution >= 4 is 26.0 Å². The number of anilines is 1. The first-order valence-electron chi connectivity index (χ1n) is 17.6. The largest absolute Gasteiger partial charge is 0.474 e. The van der Waals surface area contributed by atoms with Crippen molar-refractivity contribution in [3.63, 3.8) is 0 Å². The summed E-state index contributed by atoms with van der Waals surface area (Å²) < 4.78 is 32.0. The number of carbonyl (C=O) groups excluding carboxylic acids is 1. The average molecular weight is 716 g/mol. The molecule has 50 heavy (non-hydrogen) atoms. The first-order chi connectivity index (χ1) is 23.6. The smallest absolute Gasteiger partial charge is 0.407 e. The van der Waals surface area contributed by atoms with Crippen LogP contribution in [0.25, 0.3) is 0 Å². The number of amides is 2. The van der Waals surface area contributed by atoms with Gasteiger partial charge in [0.2, 0.25) is 11.8 Å². The molecule has 1 aromatic heterocycles. The van der Waals surface area contributed by atoms with Gasteiger partial charge in [0.25, 0.3) is 0 Å². The number of pyridine rings is 1. The van der Waals surface area contributed by atoms with Crippen LogP contribution in [0.4, 0.5) is 14.9 Å². The first-order valence-corrected chi connectivity index (χ1v) is 20.5. The van der Waals surface area contributed by atoms with E-state index in [-0.39, 0.29) is 73.1 Å². The number of rotatable bonds is 10.